The van der Waals surface area contributed by atoms with Crippen LogP contribution in [0.15, 0.2) is 42.5 Å². The van der Waals surface area contributed by atoms with E-state index in [1.165, 1.54) is 0 Å². The normalized spacial score (nSPS) is 11.0. The van der Waals surface area contributed by atoms with Crippen LogP contribution in [0.25, 0.3) is 22.4 Å². The van der Waals surface area contributed by atoms with Gasteiger partial charge in [0.1, 0.15) is 5.82 Å². The molecule has 2 aromatic carbocycles. The van der Waals surface area contributed by atoms with Crippen LogP contribution in [-0.2, 0) is 6.54 Å². The number of carbonyl (C=O) groups is 1. The lowest BCUT2D eigenvalue weighted by atomic mass is 10.2. The highest BCUT2D eigenvalue weighted by Gasteiger charge is 2.14. The van der Waals surface area contributed by atoms with E-state index in [4.69, 9.17) is 16.7 Å². The Morgan fingerprint density at radius 3 is 2.78 bits per heavy atom. The Bertz CT molecular complexity index is 871. The third-order valence-corrected chi connectivity index (χ3v) is 4.05. The molecule has 0 radical (unpaired) electrons. The molecular weight excluding hydrogens is 312 g/mol. The summed E-state index contributed by atoms with van der Waals surface area (Å²) in [5, 5.41) is 9.82. The van der Waals surface area contributed by atoms with Gasteiger partial charge in [-0.15, -0.1) is 0 Å². The van der Waals surface area contributed by atoms with Crippen molar-refractivity contribution < 1.29 is 9.90 Å². The number of hydrogen-bond donors (Lipinski definition) is 1. The van der Waals surface area contributed by atoms with Crippen LogP contribution in [-0.4, -0.2) is 20.6 Å². The molecule has 0 amide bonds. The maximum absolute atomic E-state index is 11.2. The van der Waals surface area contributed by atoms with Gasteiger partial charge in [-0.25, -0.2) is 9.78 Å². The van der Waals surface area contributed by atoms with Crippen molar-refractivity contribution in [2.24, 2.45) is 0 Å². The highest BCUT2D eigenvalue weighted by atomic mass is 35.5. The summed E-state index contributed by atoms with van der Waals surface area (Å²) in [6.07, 6.45) is 2.10. The molecule has 4 nitrogen and oxygen atoms in total. The molecule has 0 fully saturated rings. The first kappa shape index (κ1) is 15.6. The first-order chi connectivity index (χ1) is 11.1. The summed E-state index contributed by atoms with van der Waals surface area (Å²) < 4.78 is 2.14. The Kier molecular flexibility index (Phi) is 4.35. The summed E-state index contributed by atoms with van der Waals surface area (Å²) in [5.74, 6) is -0.127. The van der Waals surface area contributed by atoms with Crippen molar-refractivity contribution in [2.75, 3.05) is 0 Å². The van der Waals surface area contributed by atoms with Gasteiger partial charge in [-0.1, -0.05) is 37.1 Å². The predicted octanol–water partition coefficient (Wildman–Crippen LogP) is 4.86. The molecule has 1 aromatic heterocycles. The molecule has 1 heterocycles. The minimum atomic E-state index is -0.945. The molecule has 0 aliphatic heterocycles. The first-order valence-corrected chi connectivity index (χ1v) is 7.97. The van der Waals surface area contributed by atoms with Crippen molar-refractivity contribution in [3.8, 4) is 11.4 Å². The predicted molar refractivity (Wildman–Crippen MR) is 92.0 cm³/mol. The van der Waals surface area contributed by atoms with Crippen LogP contribution in [0.4, 0.5) is 0 Å². The summed E-state index contributed by atoms with van der Waals surface area (Å²) in [6.45, 7) is 2.97. The van der Waals surface area contributed by atoms with Crippen LogP contribution in [0.5, 0.6) is 0 Å². The molecule has 0 aliphatic rings. The van der Waals surface area contributed by atoms with E-state index in [-0.39, 0.29) is 5.56 Å². The Balaban J connectivity index is 2.20. The second-order valence-corrected chi connectivity index (χ2v) is 5.90. The highest BCUT2D eigenvalue weighted by molar-refractivity contribution is 6.30. The van der Waals surface area contributed by atoms with E-state index >= 15 is 0 Å². The fourth-order valence-electron chi connectivity index (χ4n) is 2.65. The largest absolute Gasteiger partial charge is 0.478 e. The summed E-state index contributed by atoms with van der Waals surface area (Å²) in [6, 6.07) is 12.6. The van der Waals surface area contributed by atoms with E-state index in [1.807, 2.05) is 30.3 Å². The van der Waals surface area contributed by atoms with E-state index in [0.29, 0.717) is 10.5 Å². The Labute approximate surface area is 139 Å². The maximum Gasteiger partial charge on any atom is 0.335 e. The van der Waals surface area contributed by atoms with E-state index in [9.17, 15) is 4.79 Å². The van der Waals surface area contributed by atoms with E-state index in [0.717, 1.165) is 36.3 Å². The van der Waals surface area contributed by atoms with Crippen LogP contribution in [0.3, 0.4) is 0 Å². The number of aryl methyl sites for hydroxylation is 1. The van der Waals surface area contributed by atoms with Gasteiger partial charge in [0.2, 0.25) is 0 Å². The first-order valence-electron chi connectivity index (χ1n) is 7.59. The molecular formula is C18H17ClN2O2. The molecule has 0 unspecified atom stereocenters. The topological polar surface area (TPSA) is 55.1 Å². The second-order valence-electron chi connectivity index (χ2n) is 5.46. The van der Waals surface area contributed by atoms with E-state index < -0.39 is 5.97 Å². The molecule has 0 aliphatic carbocycles. The smallest absolute Gasteiger partial charge is 0.335 e. The number of imidazole rings is 1. The molecule has 118 valence electrons. The standard InChI is InChI=1S/C18H17ClN2O2/c1-2-3-9-21-16-8-7-13(18(22)23)11-15(16)20-17(21)12-5-4-6-14(19)10-12/h4-8,10-11H,2-3,9H2,1H3,(H,22,23). The van der Waals surface area contributed by atoms with E-state index in [1.54, 1.807) is 12.1 Å². The van der Waals surface area contributed by atoms with Crippen molar-refractivity contribution >= 4 is 28.6 Å². The van der Waals surface area contributed by atoms with Crippen molar-refractivity contribution in [3.05, 3.63) is 53.1 Å². The monoisotopic (exact) mass is 328 g/mol. The lowest BCUT2D eigenvalue weighted by Gasteiger charge is -2.09. The molecule has 23 heavy (non-hydrogen) atoms. The SMILES string of the molecule is CCCCn1c(-c2cccc(Cl)c2)nc2cc(C(=O)O)ccc21. The summed E-state index contributed by atoms with van der Waals surface area (Å²) in [7, 11) is 0. The Morgan fingerprint density at radius 1 is 1.26 bits per heavy atom. The van der Waals surface area contributed by atoms with Gasteiger partial charge in [0.15, 0.2) is 0 Å². The number of aromatic carboxylic acids is 1. The average Bonchev–Trinajstić information content (AvgIpc) is 2.90. The Hall–Kier alpha value is -2.33. The zero-order valence-electron chi connectivity index (χ0n) is 12.8. The van der Waals surface area contributed by atoms with Gasteiger partial charge in [-0.3, -0.25) is 0 Å². The van der Waals surface area contributed by atoms with Crippen LogP contribution in [0.2, 0.25) is 5.02 Å². The second kappa shape index (κ2) is 6.42. The third kappa shape index (κ3) is 3.08. The van der Waals surface area contributed by atoms with Gasteiger partial charge >= 0.3 is 5.97 Å². The number of aromatic nitrogens is 2. The van der Waals surface area contributed by atoms with Crippen LogP contribution in [0, 0.1) is 0 Å². The third-order valence-electron chi connectivity index (χ3n) is 3.81. The molecule has 1 N–H and O–H groups in total. The molecule has 0 atom stereocenters. The fraction of sp³-hybridized carbons (Fsp3) is 0.222. The van der Waals surface area contributed by atoms with Crippen LogP contribution in [0.1, 0.15) is 30.1 Å². The summed E-state index contributed by atoms with van der Waals surface area (Å²) in [4.78, 5) is 15.8. The van der Waals surface area contributed by atoms with Gasteiger partial charge in [0.05, 0.1) is 16.6 Å². The van der Waals surface area contributed by atoms with Crippen molar-refractivity contribution in [1.29, 1.82) is 0 Å². The number of benzene rings is 2. The Morgan fingerprint density at radius 2 is 2.09 bits per heavy atom. The van der Waals surface area contributed by atoms with Gasteiger partial charge in [-0.05, 0) is 36.8 Å². The number of halogens is 1. The van der Waals surface area contributed by atoms with Gasteiger partial charge in [-0.2, -0.15) is 0 Å². The summed E-state index contributed by atoms with van der Waals surface area (Å²) >= 11 is 6.10. The molecule has 0 bridgehead atoms. The molecule has 0 spiro atoms. The summed E-state index contributed by atoms with van der Waals surface area (Å²) in [5.41, 5.74) is 2.81. The minimum Gasteiger partial charge on any atom is -0.478 e. The lowest BCUT2D eigenvalue weighted by molar-refractivity contribution is 0.0697. The quantitative estimate of drug-likeness (QED) is 0.728. The number of carboxylic acids is 1. The molecule has 3 aromatic rings. The maximum atomic E-state index is 11.2. The number of fused-ring (bicyclic) bond motifs is 1. The number of rotatable bonds is 5. The number of carboxylic acid groups (broad SMARTS) is 1. The van der Waals surface area contributed by atoms with Gasteiger partial charge in [0, 0.05) is 17.1 Å². The van der Waals surface area contributed by atoms with Gasteiger partial charge in [0.25, 0.3) is 0 Å². The highest BCUT2D eigenvalue weighted by Crippen LogP contribution is 2.27. The number of nitrogens with zero attached hydrogens (tertiary/aromatic N) is 2. The molecule has 0 saturated carbocycles. The average molecular weight is 329 g/mol. The van der Waals surface area contributed by atoms with Gasteiger partial charge < -0.3 is 9.67 Å². The lowest BCUT2D eigenvalue weighted by Crippen LogP contribution is -2.01. The molecule has 3 rings (SSSR count). The number of unbranched alkanes of at least 4 members (excludes halogenated alkanes) is 1. The zero-order chi connectivity index (χ0) is 16.4. The van der Waals surface area contributed by atoms with E-state index in [2.05, 4.69) is 16.5 Å². The fourth-order valence-corrected chi connectivity index (χ4v) is 2.84. The van der Waals surface area contributed by atoms with Crippen molar-refractivity contribution in [2.45, 2.75) is 26.3 Å². The van der Waals surface area contributed by atoms with Crippen molar-refractivity contribution in [3.63, 3.8) is 0 Å². The number of hydrogen-bond acceptors (Lipinski definition) is 2. The zero-order valence-corrected chi connectivity index (χ0v) is 13.5. The van der Waals surface area contributed by atoms with Crippen LogP contribution >= 0.6 is 11.6 Å². The van der Waals surface area contributed by atoms with Crippen molar-refractivity contribution in [1.82, 2.24) is 9.55 Å². The molecule has 5 heteroatoms. The molecule has 0 saturated heterocycles. The van der Waals surface area contributed by atoms with Crippen LogP contribution < -0.4 is 0 Å². The minimum absolute atomic E-state index is 0.246.